The molecule has 0 aliphatic carbocycles. The summed E-state index contributed by atoms with van der Waals surface area (Å²) in [5.41, 5.74) is 0.587. The van der Waals surface area contributed by atoms with Crippen LogP contribution < -0.4 is 5.32 Å². The molecule has 1 N–H and O–H groups in total. The van der Waals surface area contributed by atoms with Gasteiger partial charge in [-0.15, -0.1) is 0 Å². The fourth-order valence-corrected chi connectivity index (χ4v) is 2.29. The van der Waals surface area contributed by atoms with E-state index in [2.05, 4.69) is 5.32 Å². The van der Waals surface area contributed by atoms with Gasteiger partial charge in [0.1, 0.15) is 5.76 Å². The summed E-state index contributed by atoms with van der Waals surface area (Å²) in [5.74, 6) is 0.518. The predicted octanol–water partition coefficient (Wildman–Crippen LogP) is 3.01. The first-order chi connectivity index (χ1) is 11.0. The molecule has 5 heteroatoms. The number of amides is 2. The Balaban J connectivity index is 1.88. The van der Waals surface area contributed by atoms with Crippen molar-refractivity contribution in [2.24, 2.45) is 0 Å². The zero-order valence-electron chi connectivity index (χ0n) is 13.7. The number of hydrogen-bond acceptors (Lipinski definition) is 3. The highest BCUT2D eigenvalue weighted by atomic mass is 16.3. The zero-order valence-corrected chi connectivity index (χ0v) is 13.7. The van der Waals surface area contributed by atoms with Crippen molar-refractivity contribution in [2.45, 2.75) is 32.4 Å². The molecule has 2 amide bonds. The van der Waals surface area contributed by atoms with E-state index in [1.165, 1.54) is 0 Å². The quantitative estimate of drug-likeness (QED) is 0.891. The molecule has 0 spiro atoms. The summed E-state index contributed by atoms with van der Waals surface area (Å²) in [5, 5.41) is 2.85. The van der Waals surface area contributed by atoms with Gasteiger partial charge in [0, 0.05) is 25.1 Å². The van der Waals surface area contributed by atoms with Crippen LogP contribution in [0.25, 0.3) is 0 Å². The first-order valence-electron chi connectivity index (χ1n) is 7.64. The van der Waals surface area contributed by atoms with Crippen LogP contribution in [0.15, 0.2) is 53.1 Å². The van der Waals surface area contributed by atoms with Gasteiger partial charge >= 0.3 is 0 Å². The van der Waals surface area contributed by atoms with Crippen molar-refractivity contribution >= 4 is 11.8 Å². The van der Waals surface area contributed by atoms with Crippen LogP contribution >= 0.6 is 0 Å². The van der Waals surface area contributed by atoms with Gasteiger partial charge in [0.15, 0.2) is 0 Å². The van der Waals surface area contributed by atoms with Gasteiger partial charge in [-0.05, 0) is 38.1 Å². The highest BCUT2D eigenvalue weighted by Gasteiger charge is 2.21. The summed E-state index contributed by atoms with van der Waals surface area (Å²) in [6.07, 6.45) is 1.83. The van der Waals surface area contributed by atoms with Crippen LogP contribution in [0.2, 0.25) is 0 Å². The number of hydrogen-bond donors (Lipinski definition) is 1. The van der Waals surface area contributed by atoms with Gasteiger partial charge in [-0.3, -0.25) is 9.59 Å². The summed E-state index contributed by atoms with van der Waals surface area (Å²) < 4.78 is 5.33. The Labute approximate surface area is 136 Å². The van der Waals surface area contributed by atoms with Crippen molar-refractivity contribution in [3.63, 3.8) is 0 Å². The molecule has 1 heterocycles. The lowest BCUT2D eigenvalue weighted by atomic mass is 10.1. The zero-order chi connectivity index (χ0) is 16.8. The summed E-state index contributed by atoms with van der Waals surface area (Å²) in [6.45, 7) is 3.73. The van der Waals surface area contributed by atoms with E-state index in [4.69, 9.17) is 4.42 Å². The van der Waals surface area contributed by atoms with Gasteiger partial charge in [0.25, 0.3) is 5.91 Å². The summed E-state index contributed by atoms with van der Waals surface area (Å²) >= 11 is 0. The number of rotatable bonds is 6. The van der Waals surface area contributed by atoms with Gasteiger partial charge in [0.05, 0.1) is 12.3 Å². The first-order valence-corrected chi connectivity index (χ1v) is 7.64. The van der Waals surface area contributed by atoms with Crippen molar-refractivity contribution < 1.29 is 14.0 Å². The molecule has 0 bridgehead atoms. The van der Waals surface area contributed by atoms with E-state index in [1.54, 1.807) is 36.4 Å². The molecule has 122 valence electrons. The Hall–Kier alpha value is -2.56. The number of furan rings is 1. The predicted molar refractivity (Wildman–Crippen MR) is 87.9 cm³/mol. The third-order valence-corrected chi connectivity index (χ3v) is 3.82. The molecule has 2 aromatic rings. The average molecular weight is 314 g/mol. The number of carbonyl (C=O) groups excluding carboxylic acids is 2. The van der Waals surface area contributed by atoms with Gasteiger partial charge < -0.3 is 14.6 Å². The Kier molecular flexibility index (Phi) is 5.57. The minimum atomic E-state index is -0.249. The van der Waals surface area contributed by atoms with Crippen LogP contribution in [0.3, 0.4) is 0 Å². The topological polar surface area (TPSA) is 62.6 Å². The highest BCUT2D eigenvalue weighted by molar-refractivity contribution is 5.94. The number of nitrogens with one attached hydrogen (secondary N) is 1. The minimum absolute atomic E-state index is 0.0465. The monoisotopic (exact) mass is 314 g/mol. The molecule has 23 heavy (non-hydrogen) atoms. The first kappa shape index (κ1) is 16.8. The van der Waals surface area contributed by atoms with Crippen LogP contribution in [-0.2, 0) is 4.79 Å². The maximum atomic E-state index is 12.3. The second-order valence-electron chi connectivity index (χ2n) is 5.64. The number of nitrogens with zero attached hydrogens (tertiary/aromatic N) is 1. The molecule has 2 rings (SSSR count). The lowest BCUT2D eigenvalue weighted by molar-refractivity contribution is -0.132. The fourth-order valence-electron chi connectivity index (χ4n) is 2.29. The van der Waals surface area contributed by atoms with Crippen molar-refractivity contribution in [1.82, 2.24) is 10.2 Å². The molecular weight excluding hydrogens is 292 g/mol. The normalized spacial score (nSPS) is 13.2. The molecule has 0 fully saturated rings. The average Bonchev–Trinajstić information content (AvgIpc) is 3.08. The van der Waals surface area contributed by atoms with Gasteiger partial charge in [-0.1, -0.05) is 18.2 Å². The summed E-state index contributed by atoms with van der Waals surface area (Å²) in [6, 6.07) is 12.2. The van der Waals surface area contributed by atoms with Crippen LogP contribution in [0.5, 0.6) is 0 Å². The van der Waals surface area contributed by atoms with Crippen molar-refractivity contribution in [1.29, 1.82) is 0 Å². The standard InChI is InChI=1S/C18H22N2O3/c1-13(19-18(22)15-8-5-4-6-9-15)12-17(21)20(3)14(2)16-10-7-11-23-16/h4-11,13-14H,12H2,1-3H3,(H,19,22). The van der Waals surface area contributed by atoms with E-state index in [0.29, 0.717) is 5.56 Å². The van der Waals surface area contributed by atoms with Gasteiger partial charge in [-0.2, -0.15) is 0 Å². The Morgan fingerprint density at radius 1 is 1.13 bits per heavy atom. The third-order valence-electron chi connectivity index (χ3n) is 3.82. The van der Waals surface area contributed by atoms with E-state index >= 15 is 0 Å². The molecule has 5 nitrogen and oxygen atoms in total. The smallest absolute Gasteiger partial charge is 0.251 e. The highest BCUT2D eigenvalue weighted by Crippen LogP contribution is 2.19. The molecule has 2 atom stereocenters. The number of benzene rings is 1. The van der Waals surface area contributed by atoms with Crippen LogP contribution in [0, 0.1) is 0 Å². The summed E-state index contributed by atoms with van der Waals surface area (Å²) in [7, 11) is 1.74. The Morgan fingerprint density at radius 3 is 2.43 bits per heavy atom. The molecule has 0 saturated carbocycles. The lowest BCUT2D eigenvalue weighted by Crippen LogP contribution is -2.38. The Morgan fingerprint density at radius 2 is 1.83 bits per heavy atom. The largest absolute Gasteiger partial charge is 0.467 e. The molecule has 0 saturated heterocycles. The van der Waals surface area contributed by atoms with Crippen LogP contribution in [0.1, 0.15) is 42.4 Å². The second-order valence-corrected chi connectivity index (χ2v) is 5.64. The lowest BCUT2D eigenvalue weighted by Gasteiger charge is -2.25. The molecule has 2 unspecified atom stereocenters. The SMILES string of the molecule is CC(CC(=O)N(C)C(C)c1ccco1)NC(=O)c1ccccc1. The molecule has 0 radical (unpaired) electrons. The van der Waals surface area contributed by atoms with E-state index < -0.39 is 0 Å². The van der Waals surface area contributed by atoms with E-state index in [0.717, 1.165) is 5.76 Å². The van der Waals surface area contributed by atoms with Crippen molar-refractivity contribution in [3.05, 3.63) is 60.1 Å². The van der Waals surface area contributed by atoms with Crippen molar-refractivity contribution in [2.75, 3.05) is 7.05 Å². The second kappa shape index (κ2) is 7.63. The van der Waals surface area contributed by atoms with E-state index in [1.807, 2.05) is 38.1 Å². The maximum absolute atomic E-state index is 12.3. The third kappa shape index (κ3) is 4.45. The molecule has 0 aliphatic rings. The minimum Gasteiger partial charge on any atom is -0.467 e. The number of carbonyl (C=O) groups is 2. The van der Waals surface area contributed by atoms with E-state index in [-0.39, 0.29) is 30.3 Å². The molecular formula is C18H22N2O3. The summed E-state index contributed by atoms with van der Waals surface area (Å²) in [4.78, 5) is 26.0. The van der Waals surface area contributed by atoms with Crippen LogP contribution in [-0.4, -0.2) is 29.8 Å². The molecule has 0 aliphatic heterocycles. The van der Waals surface area contributed by atoms with E-state index in [9.17, 15) is 9.59 Å². The van der Waals surface area contributed by atoms with Gasteiger partial charge in [-0.25, -0.2) is 0 Å². The van der Waals surface area contributed by atoms with Crippen molar-refractivity contribution in [3.8, 4) is 0 Å². The maximum Gasteiger partial charge on any atom is 0.251 e. The molecule has 1 aromatic carbocycles. The Bertz CT molecular complexity index is 638. The fraction of sp³-hybridized carbons (Fsp3) is 0.333. The van der Waals surface area contributed by atoms with Gasteiger partial charge in [0.2, 0.25) is 5.91 Å². The molecule has 1 aromatic heterocycles. The van der Waals surface area contributed by atoms with Crippen LogP contribution in [0.4, 0.5) is 0 Å².